The predicted molar refractivity (Wildman–Crippen MR) is 156 cm³/mol. The molecule has 2 aliphatic rings. The fourth-order valence-electron chi connectivity index (χ4n) is 4.94. The Morgan fingerprint density at radius 3 is 1.45 bits per heavy atom. The number of imidazole rings is 2. The van der Waals surface area contributed by atoms with Crippen molar-refractivity contribution in [2.75, 3.05) is 49.3 Å². The number of aryl methyl sites for hydroxylation is 2. The maximum absolute atomic E-state index is 11.3. The third-order valence-corrected chi connectivity index (χ3v) is 7.17. The second kappa shape index (κ2) is 13.0. The summed E-state index contributed by atoms with van der Waals surface area (Å²) in [5.41, 5.74) is 0.445. The molecule has 232 valence electrons. The van der Waals surface area contributed by atoms with Crippen molar-refractivity contribution in [3.63, 3.8) is 0 Å². The molecule has 4 aromatic heterocycles. The predicted octanol–water partition coefficient (Wildman–Crippen LogP) is 2.21. The van der Waals surface area contributed by atoms with Crippen LogP contribution in [-0.2, 0) is 9.47 Å². The van der Waals surface area contributed by atoms with E-state index in [0.717, 1.165) is 0 Å². The molecule has 6 rings (SSSR count). The minimum absolute atomic E-state index is 0.109. The van der Waals surface area contributed by atoms with Gasteiger partial charge in [0.2, 0.25) is 23.5 Å². The quantitative estimate of drug-likeness (QED) is 0.228. The highest BCUT2D eigenvalue weighted by Gasteiger charge is 2.29. The van der Waals surface area contributed by atoms with Crippen LogP contribution >= 0.6 is 0 Å². The summed E-state index contributed by atoms with van der Waals surface area (Å²) in [5, 5.41) is 22.7. The van der Waals surface area contributed by atoms with Gasteiger partial charge in [0.05, 0.1) is 48.4 Å². The number of aromatic nitrogens is 8. The molecular formula is C26H32N12O6. The van der Waals surface area contributed by atoms with E-state index in [1.807, 2.05) is 23.6 Å². The minimum atomic E-state index is -0.461. The molecule has 2 aliphatic heterocycles. The largest absolute Gasteiger partial charge is 0.377 e. The van der Waals surface area contributed by atoms with Crippen molar-refractivity contribution in [3.8, 4) is 11.6 Å². The molecule has 0 saturated carbocycles. The van der Waals surface area contributed by atoms with E-state index >= 15 is 0 Å². The number of hydrogen-bond acceptors (Lipinski definition) is 14. The number of nitro groups is 2. The first-order valence-corrected chi connectivity index (χ1v) is 13.9. The molecule has 18 heteroatoms. The lowest BCUT2D eigenvalue weighted by Gasteiger charge is -2.33. The molecule has 2 fully saturated rings. The highest BCUT2D eigenvalue weighted by Crippen LogP contribution is 2.29. The summed E-state index contributed by atoms with van der Waals surface area (Å²) in [4.78, 5) is 51.1. The monoisotopic (exact) mass is 608 g/mol. The Kier molecular flexibility index (Phi) is 9.00. The first-order chi connectivity index (χ1) is 21.2. The number of hydrogen-bond donors (Lipinski definition) is 0. The molecule has 6 heterocycles. The van der Waals surface area contributed by atoms with E-state index in [1.54, 1.807) is 38.6 Å². The lowest BCUT2D eigenvalue weighted by molar-refractivity contribution is -0.385. The summed E-state index contributed by atoms with van der Waals surface area (Å²) in [6.45, 7) is 10.9. The standard InChI is InChI=1S/2C13H16N6O3/c2*1-9-7-22-6-5-18(9)13-15-10(2)11(19(20)21)12(16-13)17-4-3-14-8-17/h2*3-4,8-9H,5-7H2,1-2H3. The van der Waals surface area contributed by atoms with Crippen LogP contribution in [0.25, 0.3) is 11.6 Å². The Morgan fingerprint density at radius 1 is 0.727 bits per heavy atom. The Morgan fingerprint density at radius 2 is 1.14 bits per heavy atom. The van der Waals surface area contributed by atoms with E-state index in [4.69, 9.17) is 9.47 Å². The van der Waals surface area contributed by atoms with E-state index in [1.165, 1.54) is 21.8 Å². The molecule has 0 aliphatic carbocycles. The summed E-state index contributed by atoms with van der Waals surface area (Å²) in [6.07, 6.45) is 9.33. The molecule has 4 aromatic rings. The maximum atomic E-state index is 11.3. The molecule has 18 nitrogen and oxygen atoms in total. The lowest BCUT2D eigenvalue weighted by Crippen LogP contribution is -2.44. The fraction of sp³-hybridized carbons (Fsp3) is 0.462. The normalized spacial score (nSPS) is 18.5. The molecule has 0 radical (unpaired) electrons. The number of ether oxygens (including phenoxy) is 2. The van der Waals surface area contributed by atoms with Crippen LogP contribution < -0.4 is 9.80 Å². The van der Waals surface area contributed by atoms with Crippen LogP contribution in [0, 0.1) is 34.1 Å². The van der Waals surface area contributed by atoms with Gasteiger partial charge in [-0.2, -0.15) is 9.97 Å². The Hall–Kier alpha value is -5.10. The van der Waals surface area contributed by atoms with E-state index in [-0.39, 0.29) is 35.1 Å². The fourth-order valence-corrected chi connectivity index (χ4v) is 4.94. The molecule has 0 amide bonds. The highest BCUT2D eigenvalue weighted by molar-refractivity contribution is 5.55. The van der Waals surface area contributed by atoms with Crippen molar-refractivity contribution in [3.05, 3.63) is 69.1 Å². The van der Waals surface area contributed by atoms with Crippen LogP contribution in [0.3, 0.4) is 0 Å². The van der Waals surface area contributed by atoms with E-state index < -0.39 is 9.85 Å². The zero-order chi connectivity index (χ0) is 31.4. The molecular weight excluding hydrogens is 576 g/mol. The molecule has 0 bridgehead atoms. The van der Waals surface area contributed by atoms with Gasteiger partial charge in [-0.05, 0) is 27.7 Å². The molecule has 0 N–H and O–H groups in total. The van der Waals surface area contributed by atoms with E-state index in [0.29, 0.717) is 62.8 Å². The van der Waals surface area contributed by atoms with Crippen molar-refractivity contribution < 1.29 is 19.3 Å². The van der Waals surface area contributed by atoms with E-state index in [9.17, 15) is 20.2 Å². The van der Waals surface area contributed by atoms with Gasteiger partial charge in [-0.15, -0.1) is 0 Å². The highest BCUT2D eigenvalue weighted by atomic mass is 16.6. The summed E-state index contributed by atoms with van der Waals surface area (Å²) >= 11 is 0. The van der Waals surface area contributed by atoms with E-state index in [2.05, 4.69) is 29.9 Å². The number of nitrogens with zero attached hydrogens (tertiary/aromatic N) is 12. The molecule has 44 heavy (non-hydrogen) atoms. The SMILES string of the molecule is Cc1nc(N2CCOCC2C)nc(-n2ccnc2)c1[N+](=O)[O-].Cc1nc(N2CCOCC2C)nc(-n2ccnc2)c1[N+](=O)[O-]. The summed E-state index contributed by atoms with van der Waals surface area (Å²) < 4.78 is 13.9. The third-order valence-electron chi connectivity index (χ3n) is 7.17. The van der Waals surface area contributed by atoms with Gasteiger partial charge in [-0.3, -0.25) is 29.4 Å². The topological polar surface area (TPSA) is 198 Å². The summed E-state index contributed by atoms with van der Waals surface area (Å²) in [7, 11) is 0. The van der Waals surface area contributed by atoms with Crippen LogP contribution in [-0.4, -0.2) is 100 Å². The van der Waals surface area contributed by atoms with Gasteiger partial charge in [0.25, 0.3) is 0 Å². The molecule has 2 atom stereocenters. The second-order valence-electron chi connectivity index (χ2n) is 10.3. The van der Waals surface area contributed by atoms with Gasteiger partial charge in [0.15, 0.2) is 0 Å². The van der Waals surface area contributed by atoms with Gasteiger partial charge in [0, 0.05) is 37.9 Å². The summed E-state index contributed by atoms with van der Waals surface area (Å²) in [5.74, 6) is 1.40. The average Bonchev–Trinajstić information content (AvgIpc) is 3.72. The van der Waals surface area contributed by atoms with Crippen LogP contribution in [0.1, 0.15) is 25.2 Å². The van der Waals surface area contributed by atoms with Crippen molar-refractivity contribution in [1.82, 2.24) is 39.0 Å². The maximum Gasteiger partial charge on any atom is 0.333 e. The second-order valence-corrected chi connectivity index (χ2v) is 10.3. The number of anilines is 2. The van der Waals surface area contributed by atoms with Crippen molar-refractivity contribution in [1.29, 1.82) is 0 Å². The molecule has 2 unspecified atom stereocenters. The van der Waals surface area contributed by atoms with Crippen molar-refractivity contribution in [2.45, 2.75) is 39.8 Å². The first kappa shape index (κ1) is 30.4. The molecule has 0 aromatic carbocycles. The van der Waals surface area contributed by atoms with Crippen LogP contribution in [0.5, 0.6) is 0 Å². The third kappa shape index (κ3) is 6.30. The number of morpholine rings is 2. The van der Waals surface area contributed by atoms with Crippen LogP contribution in [0.4, 0.5) is 23.3 Å². The zero-order valence-electron chi connectivity index (χ0n) is 24.7. The zero-order valence-corrected chi connectivity index (χ0v) is 24.7. The molecule has 0 spiro atoms. The minimum Gasteiger partial charge on any atom is -0.377 e. The van der Waals surface area contributed by atoms with Gasteiger partial charge in [0.1, 0.15) is 24.0 Å². The molecule has 2 saturated heterocycles. The van der Waals surface area contributed by atoms with Gasteiger partial charge in [-0.1, -0.05) is 0 Å². The van der Waals surface area contributed by atoms with Crippen molar-refractivity contribution >= 4 is 23.3 Å². The van der Waals surface area contributed by atoms with Gasteiger partial charge < -0.3 is 19.3 Å². The smallest absolute Gasteiger partial charge is 0.333 e. The Balaban J connectivity index is 0.000000175. The van der Waals surface area contributed by atoms with Crippen LogP contribution in [0.15, 0.2) is 37.4 Å². The lowest BCUT2D eigenvalue weighted by atomic mass is 10.2. The number of rotatable bonds is 6. The average molecular weight is 609 g/mol. The van der Waals surface area contributed by atoms with Gasteiger partial charge >= 0.3 is 11.4 Å². The Labute approximate surface area is 251 Å². The summed E-state index contributed by atoms with van der Waals surface area (Å²) in [6, 6.07) is 0.232. The van der Waals surface area contributed by atoms with Crippen LogP contribution in [0.2, 0.25) is 0 Å². The van der Waals surface area contributed by atoms with Crippen molar-refractivity contribution in [2.24, 2.45) is 0 Å². The first-order valence-electron chi connectivity index (χ1n) is 13.9. The van der Waals surface area contributed by atoms with Gasteiger partial charge in [-0.25, -0.2) is 19.9 Å². The Bertz CT molecular complexity index is 1490.